The maximum Gasteiger partial charge on any atom is 0.251 e. The van der Waals surface area contributed by atoms with E-state index >= 15 is 0 Å². The molecule has 2 aliphatic rings. The third-order valence-corrected chi connectivity index (χ3v) is 6.75. The summed E-state index contributed by atoms with van der Waals surface area (Å²) in [4.78, 5) is 33.5. The van der Waals surface area contributed by atoms with Crippen molar-refractivity contribution in [2.75, 3.05) is 34.4 Å². The third kappa shape index (κ3) is 3.90. The van der Waals surface area contributed by atoms with Crippen LogP contribution in [-0.2, 0) is 4.79 Å². The van der Waals surface area contributed by atoms with Crippen LogP contribution in [0.1, 0.15) is 44.2 Å². The standard InChI is InChI=1S/C23H27N11O/c1-23(20(35)27-18-13-25-17(24-2)12-26-18)8-4-10-34(23)22-29-19-5-3-9-33(19)21(30-22)28-16-11-15(31-32-16)14-6-7-14/h3,5,9,11-14H,4,6-8,10H2,1-2H3,(H,24,25)(H,26,27,35)(H2,28,29,30,31,32)/t23-/m0/s1. The summed E-state index contributed by atoms with van der Waals surface area (Å²) in [7, 11) is 1.77. The van der Waals surface area contributed by atoms with Gasteiger partial charge in [-0.25, -0.2) is 9.97 Å². The van der Waals surface area contributed by atoms with Crippen LogP contribution >= 0.6 is 0 Å². The fraction of sp³-hybridized carbons (Fsp3) is 0.391. The van der Waals surface area contributed by atoms with Crippen LogP contribution in [0.4, 0.5) is 29.4 Å². The van der Waals surface area contributed by atoms with Gasteiger partial charge < -0.3 is 20.9 Å². The van der Waals surface area contributed by atoms with Gasteiger partial charge in [-0.1, -0.05) is 0 Å². The second-order valence-electron chi connectivity index (χ2n) is 9.21. The minimum absolute atomic E-state index is 0.170. The van der Waals surface area contributed by atoms with E-state index in [0.717, 1.165) is 17.8 Å². The highest BCUT2D eigenvalue weighted by Crippen LogP contribution is 2.40. The molecule has 1 aliphatic heterocycles. The first kappa shape index (κ1) is 21.3. The van der Waals surface area contributed by atoms with Gasteiger partial charge in [-0.15, -0.1) is 0 Å². The molecule has 2 fully saturated rings. The fourth-order valence-corrected chi connectivity index (χ4v) is 4.54. The average molecular weight is 474 g/mol. The predicted octanol–water partition coefficient (Wildman–Crippen LogP) is 2.90. The summed E-state index contributed by atoms with van der Waals surface area (Å²) in [5.74, 6) is 3.22. The first-order valence-corrected chi connectivity index (χ1v) is 11.8. The van der Waals surface area contributed by atoms with E-state index < -0.39 is 5.54 Å². The Kier molecular flexibility index (Phi) is 5.01. The van der Waals surface area contributed by atoms with Gasteiger partial charge in [0.25, 0.3) is 5.91 Å². The second kappa shape index (κ2) is 8.22. The summed E-state index contributed by atoms with van der Waals surface area (Å²) >= 11 is 0. The molecule has 1 saturated carbocycles. The number of fused-ring (bicyclic) bond motifs is 1. The molecular formula is C23H27N11O. The Morgan fingerprint density at radius 3 is 2.77 bits per heavy atom. The molecule has 180 valence electrons. The first-order chi connectivity index (χ1) is 17.0. The molecule has 4 aromatic rings. The number of carbonyl (C=O) groups is 1. The van der Waals surface area contributed by atoms with Crippen LogP contribution in [0, 0.1) is 0 Å². The van der Waals surface area contributed by atoms with Crippen molar-refractivity contribution in [3.63, 3.8) is 0 Å². The van der Waals surface area contributed by atoms with Gasteiger partial charge in [0.1, 0.15) is 17.0 Å². The van der Waals surface area contributed by atoms with Crippen molar-refractivity contribution >= 4 is 40.9 Å². The molecule has 4 aromatic heterocycles. The number of hydrogen-bond acceptors (Lipinski definition) is 9. The quantitative estimate of drug-likeness (QED) is 0.319. The molecule has 0 radical (unpaired) electrons. The van der Waals surface area contributed by atoms with Crippen LogP contribution in [0.15, 0.2) is 36.8 Å². The number of H-pyrrole nitrogens is 1. The Morgan fingerprint density at radius 2 is 2.00 bits per heavy atom. The van der Waals surface area contributed by atoms with Gasteiger partial charge in [-0.3, -0.25) is 14.3 Å². The Balaban J connectivity index is 1.29. The maximum absolute atomic E-state index is 13.4. The number of carbonyl (C=O) groups excluding carboxylic acids is 1. The minimum Gasteiger partial charge on any atom is -0.372 e. The minimum atomic E-state index is -0.836. The number of rotatable bonds is 7. The fourth-order valence-electron chi connectivity index (χ4n) is 4.54. The van der Waals surface area contributed by atoms with E-state index in [1.807, 2.05) is 40.6 Å². The van der Waals surface area contributed by atoms with E-state index in [2.05, 4.69) is 36.1 Å². The van der Waals surface area contributed by atoms with Crippen LogP contribution in [-0.4, -0.2) is 59.6 Å². The summed E-state index contributed by atoms with van der Waals surface area (Å²) in [6.45, 7) is 2.58. The zero-order valence-electron chi connectivity index (χ0n) is 19.6. The van der Waals surface area contributed by atoms with Crippen molar-refractivity contribution < 1.29 is 4.79 Å². The maximum atomic E-state index is 13.4. The molecule has 0 unspecified atom stereocenters. The van der Waals surface area contributed by atoms with Crippen molar-refractivity contribution in [1.29, 1.82) is 0 Å². The number of aromatic amines is 1. The monoisotopic (exact) mass is 473 g/mol. The van der Waals surface area contributed by atoms with Crippen molar-refractivity contribution in [3.8, 4) is 0 Å². The highest BCUT2D eigenvalue weighted by Gasteiger charge is 2.45. The lowest BCUT2D eigenvalue weighted by Gasteiger charge is -2.33. The SMILES string of the molecule is CNc1cnc(NC(=O)[C@]2(C)CCCN2c2nc(Nc3cc(C4CC4)[nH]n3)n3cccc3n2)cn1. The highest BCUT2D eigenvalue weighted by molar-refractivity contribution is 5.99. The molecule has 0 spiro atoms. The zero-order chi connectivity index (χ0) is 24.0. The van der Waals surface area contributed by atoms with Crippen LogP contribution in [0.2, 0.25) is 0 Å². The molecule has 35 heavy (non-hydrogen) atoms. The molecule has 5 heterocycles. The lowest BCUT2D eigenvalue weighted by molar-refractivity contribution is -0.120. The van der Waals surface area contributed by atoms with Crippen LogP contribution in [0.3, 0.4) is 0 Å². The number of aromatic nitrogens is 7. The molecule has 6 rings (SSSR count). The van der Waals surface area contributed by atoms with Crippen LogP contribution in [0.5, 0.6) is 0 Å². The van der Waals surface area contributed by atoms with E-state index in [1.54, 1.807) is 13.2 Å². The number of nitrogens with one attached hydrogen (secondary N) is 4. The number of hydrogen-bond donors (Lipinski definition) is 4. The molecule has 12 heteroatoms. The Morgan fingerprint density at radius 1 is 1.17 bits per heavy atom. The Hall–Kier alpha value is -4.22. The van der Waals surface area contributed by atoms with E-state index in [-0.39, 0.29) is 5.91 Å². The van der Waals surface area contributed by atoms with Crippen molar-refractivity contribution in [2.24, 2.45) is 0 Å². The number of anilines is 5. The molecular weight excluding hydrogens is 446 g/mol. The highest BCUT2D eigenvalue weighted by atomic mass is 16.2. The summed E-state index contributed by atoms with van der Waals surface area (Å²) in [6, 6.07) is 5.87. The smallest absolute Gasteiger partial charge is 0.251 e. The lowest BCUT2D eigenvalue weighted by atomic mass is 9.98. The van der Waals surface area contributed by atoms with Gasteiger partial charge in [0.15, 0.2) is 11.6 Å². The average Bonchev–Trinajstić information content (AvgIpc) is 3.23. The van der Waals surface area contributed by atoms with Crippen molar-refractivity contribution in [3.05, 3.63) is 42.5 Å². The molecule has 1 saturated heterocycles. The molecule has 1 amide bonds. The summed E-state index contributed by atoms with van der Waals surface area (Å²) in [5, 5.41) is 16.7. The summed E-state index contributed by atoms with van der Waals surface area (Å²) in [5.41, 5.74) is 1.04. The second-order valence-corrected chi connectivity index (χ2v) is 9.21. The van der Waals surface area contributed by atoms with Crippen LogP contribution in [0.25, 0.3) is 5.65 Å². The molecule has 0 bridgehead atoms. The first-order valence-electron chi connectivity index (χ1n) is 11.8. The van der Waals surface area contributed by atoms with Gasteiger partial charge in [0.05, 0.1) is 12.4 Å². The Bertz CT molecular complexity index is 1370. The van der Waals surface area contributed by atoms with Gasteiger partial charge in [0.2, 0.25) is 11.9 Å². The predicted molar refractivity (Wildman–Crippen MR) is 132 cm³/mol. The molecule has 4 N–H and O–H groups in total. The Labute approximate surface area is 201 Å². The molecule has 12 nitrogen and oxygen atoms in total. The molecule has 1 atom stereocenters. The van der Waals surface area contributed by atoms with Crippen LogP contribution < -0.4 is 20.9 Å². The molecule has 0 aromatic carbocycles. The largest absolute Gasteiger partial charge is 0.372 e. The summed E-state index contributed by atoms with van der Waals surface area (Å²) in [6.07, 6.45) is 8.93. The third-order valence-electron chi connectivity index (χ3n) is 6.75. The van der Waals surface area contributed by atoms with Gasteiger partial charge in [-0.05, 0) is 44.7 Å². The van der Waals surface area contributed by atoms with E-state index in [4.69, 9.17) is 9.97 Å². The topological polar surface area (TPSA) is 141 Å². The van der Waals surface area contributed by atoms with E-state index in [0.29, 0.717) is 48.2 Å². The molecule has 1 aliphatic carbocycles. The van der Waals surface area contributed by atoms with Gasteiger partial charge in [-0.2, -0.15) is 15.1 Å². The van der Waals surface area contributed by atoms with E-state index in [9.17, 15) is 4.79 Å². The number of amides is 1. The van der Waals surface area contributed by atoms with E-state index in [1.165, 1.54) is 19.0 Å². The van der Waals surface area contributed by atoms with Crippen molar-refractivity contribution in [2.45, 2.75) is 44.1 Å². The summed E-state index contributed by atoms with van der Waals surface area (Å²) < 4.78 is 1.88. The number of nitrogens with zero attached hydrogens (tertiary/aromatic N) is 7. The zero-order valence-corrected chi connectivity index (χ0v) is 19.6. The van der Waals surface area contributed by atoms with Crippen molar-refractivity contribution in [1.82, 2.24) is 34.5 Å². The normalized spacial score (nSPS) is 19.8. The lowest BCUT2D eigenvalue weighted by Crippen LogP contribution is -2.51. The van der Waals surface area contributed by atoms with Gasteiger partial charge in [0, 0.05) is 37.5 Å². The van der Waals surface area contributed by atoms with Gasteiger partial charge >= 0.3 is 0 Å².